The molecule has 1 aromatic rings. The van der Waals surface area contributed by atoms with Crippen LogP contribution in [0.4, 0.5) is 0 Å². The first-order valence-electron chi connectivity index (χ1n) is 3.89. The molecule has 4 heteroatoms. The third-order valence-electron chi connectivity index (χ3n) is 1.80. The van der Waals surface area contributed by atoms with Crippen molar-refractivity contribution in [1.29, 1.82) is 0 Å². The van der Waals surface area contributed by atoms with Gasteiger partial charge in [-0.1, -0.05) is 23.7 Å². The number of rotatable bonds is 3. The van der Waals surface area contributed by atoms with Gasteiger partial charge in [0.1, 0.15) is 5.75 Å². The van der Waals surface area contributed by atoms with Crippen LogP contribution in [0.25, 0.3) is 0 Å². The number of halogens is 1. The summed E-state index contributed by atoms with van der Waals surface area (Å²) in [5.41, 5.74) is 6.37. The number of ether oxygens (including phenoxy) is 1. The van der Waals surface area contributed by atoms with Crippen LogP contribution in [0.1, 0.15) is 11.6 Å². The van der Waals surface area contributed by atoms with Crippen LogP contribution in [0.3, 0.4) is 0 Å². The molecule has 0 bridgehead atoms. The van der Waals surface area contributed by atoms with E-state index in [2.05, 4.69) is 0 Å². The Morgan fingerprint density at radius 1 is 1.62 bits per heavy atom. The van der Waals surface area contributed by atoms with Crippen LogP contribution in [-0.4, -0.2) is 18.8 Å². The number of benzene rings is 1. The minimum Gasteiger partial charge on any atom is -0.495 e. The van der Waals surface area contributed by atoms with Gasteiger partial charge in [-0.2, -0.15) is 0 Å². The summed E-state index contributed by atoms with van der Waals surface area (Å²) in [5.74, 6) is 0.533. The summed E-state index contributed by atoms with van der Waals surface area (Å²) in [5, 5.41) is 9.38. The predicted octanol–water partition coefficient (Wildman–Crippen LogP) is 1.34. The molecule has 0 heterocycles. The molecule has 0 fully saturated rings. The van der Waals surface area contributed by atoms with Crippen molar-refractivity contribution in [1.82, 2.24) is 0 Å². The van der Waals surface area contributed by atoms with Crippen molar-refractivity contribution in [3.63, 3.8) is 0 Å². The Morgan fingerprint density at radius 2 is 2.31 bits per heavy atom. The molecule has 3 nitrogen and oxygen atoms in total. The van der Waals surface area contributed by atoms with E-state index >= 15 is 0 Å². The average Bonchev–Trinajstić information content (AvgIpc) is 2.16. The zero-order valence-electron chi connectivity index (χ0n) is 7.33. The molecular formula is C9H12ClNO2. The number of methoxy groups -OCH3 is 1. The Hall–Kier alpha value is -0.770. The first kappa shape index (κ1) is 10.3. The van der Waals surface area contributed by atoms with Crippen molar-refractivity contribution in [3.05, 3.63) is 28.8 Å². The SMILES string of the molecule is COc1c(Cl)cccc1[C@H](N)CO. The third kappa shape index (κ3) is 2.12. The maximum absolute atomic E-state index is 8.88. The van der Waals surface area contributed by atoms with E-state index in [0.717, 1.165) is 5.56 Å². The quantitative estimate of drug-likeness (QED) is 0.776. The summed E-state index contributed by atoms with van der Waals surface area (Å²) in [4.78, 5) is 0. The Balaban J connectivity index is 3.12. The van der Waals surface area contributed by atoms with Gasteiger partial charge in [0.25, 0.3) is 0 Å². The predicted molar refractivity (Wildman–Crippen MR) is 52.0 cm³/mol. The second kappa shape index (κ2) is 4.46. The molecule has 0 aliphatic rings. The molecule has 72 valence electrons. The van der Waals surface area contributed by atoms with E-state index < -0.39 is 6.04 Å². The highest BCUT2D eigenvalue weighted by atomic mass is 35.5. The molecule has 0 aliphatic carbocycles. The lowest BCUT2D eigenvalue weighted by Gasteiger charge is -2.14. The third-order valence-corrected chi connectivity index (χ3v) is 2.10. The van der Waals surface area contributed by atoms with Gasteiger partial charge in [-0.05, 0) is 6.07 Å². The Morgan fingerprint density at radius 3 is 2.85 bits per heavy atom. The van der Waals surface area contributed by atoms with Crippen molar-refractivity contribution in [2.24, 2.45) is 5.73 Å². The van der Waals surface area contributed by atoms with E-state index in [0.29, 0.717) is 10.8 Å². The number of aliphatic hydroxyl groups excluding tert-OH is 1. The van der Waals surface area contributed by atoms with Crippen molar-refractivity contribution in [2.45, 2.75) is 6.04 Å². The fourth-order valence-electron chi connectivity index (χ4n) is 1.13. The van der Waals surface area contributed by atoms with Crippen LogP contribution in [-0.2, 0) is 0 Å². The molecule has 13 heavy (non-hydrogen) atoms. The Kier molecular flexibility index (Phi) is 3.54. The highest BCUT2D eigenvalue weighted by Crippen LogP contribution is 2.31. The van der Waals surface area contributed by atoms with Crippen molar-refractivity contribution >= 4 is 11.6 Å². The first-order valence-corrected chi connectivity index (χ1v) is 4.27. The summed E-state index contributed by atoms with van der Waals surface area (Å²) in [7, 11) is 1.52. The van der Waals surface area contributed by atoms with Crippen molar-refractivity contribution in [2.75, 3.05) is 13.7 Å². The van der Waals surface area contributed by atoms with E-state index in [1.807, 2.05) is 0 Å². The average molecular weight is 202 g/mol. The number of aliphatic hydroxyl groups is 1. The molecule has 0 aliphatic heterocycles. The molecule has 1 rings (SSSR count). The largest absolute Gasteiger partial charge is 0.495 e. The highest BCUT2D eigenvalue weighted by molar-refractivity contribution is 6.32. The lowest BCUT2D eigenvalue weighted by molar-refractivity contribution is 0.264. The topological polar surface area (TPSA) is 55.5 Å². The maximum atomic E-state index is 8.88. The van der Waals surface area contributed by atoms with Crippen LogP contribution in [0.15, 0.2) is 18.2 Å². The summed E-state index contributed by atoms with van der Waals surface area (Å²) < 4.78 is 5.08. The number of hydrogen-bond donors (Lipinski definition) is 2. The fourth-order valence-corrected chi connectivity index (χ4v) is 1.39. The molecule has 0 unspecified atom stereocenters. The van der Waals surface area contributed by atoms with Crippen LogP contribution < -0.4 is 10.5 Å². The standard InChI is InChI=1S/C9H12ClNO2/c1-13-9-6(8(11)5-12)3-2-4-7(9)10/h2-4,8,12H,5,11H2,1H3/t8-/m1/s1. The van der Waals surface area contributed by atoms with Crippen molar-refractivity contribution < 1.29 is 9.84 Å². The molecule has 0 spiro atoms. The minimum atomic E-state index is -0.450. The first-order chi connectivity index (χ1) is 6.20. The molecule has 1 aromatic carbocycles. The zero-order chi connectivity index (χ0) is 9.84. The Bertz CT molecular complexity index is 291. The summed E-state index contributed by atoms with van der Waals surface area (Å²) in [6, 6.07) is 4.82. The molecule has 0 saturated carbocycles. The van der Waals surface area contributed by atoms with E-state index in [1.54, 1.807) is 18.2 Å². The molecular weight excluding hydrogens is 190 g/mol. The van der Waals surface area contributed by atoms with Crippen LogP contribution in [0, 0.1) is 0 Å². The molecule has 0 radical (unpaired) electrons. The molecule has 1 atom stereocenters. The van der Waals surface area contributed by atoms with Gasteiger partial charge in [0.05, 0.1) is 24.8 Å². The smallest absolute Gasteiger partial charge is 0.142 e. The van der Waals surface area contributed by atoms with Crippen LogP contribution in [0.5, 0.6) is 5.75 Å². The van der Waals surface area contributed by atoms with Gasteiger partial charge in [-0.15, -0.1) is 0 Å². The number of hydrogen-bond acceptors (Lipinski definition) is 3. The molecule has 3 N–H and O–H groups in total. The van der Waals surface area contributed by atoms with Gasteiger partial charge in [0, 0.05) is 5.56 Å². The lowest BCUT2D eigenvalue weighted by Crippen LogP contribution is -2.15. The normalized spacial score (nSPS) is 12.6. The molecule has 0 aromatic heterocycles. The van der Waals surface area contributed by atoms with Crippen molar-refractivity contribution in [3.8, 4) is 5.75 Å². The highest BCUT2D eigenvalue weighted by Gasteiger charge is 2.12. The summed E-state index contributed by atoms with van der Waals surface area (Å²) in [6.07, 6.45) is 0. The van der Waals surface area contributed by atoms with Gasteiger partial charge in [0.15, 0.2) is 0 Å². The van der Waals surface area contributed by atoms with Crippen LogP contribution in [0.2, 0.25) is 5.02 Å². The van der Waals surface area contributed by atoms with Crippen LogP contribution >= 0.6 is 11.6 Å². The zero-order valence-corrected chi connectivity index (χ0v) is 8.08. The van der Waals surface area contributed by atoms with E-state index in [1.165, 1.54) is 7.11 Å². The number of nitrogens with two attached hydrogens (primary N) is 1. The van der Waals surface area contributed by atoms with Gasteiger partial charge < -0.3 is 15.6 Å². The van der Waals surface area contributed by atoms with Gasteiger partial charge in [-0.3, -0.25) is 0 Å². The van der Waals surface area contributed by atoms with Gasteiger partial charge in [-0.25, -0.2) is 0 Å². The minimum absolute atomic E-state index is 0.128. The second-order valence-electron chi connectivity index (χ2n) is 2.65. The monoisotopic (exact) mass is 201 g/mol. The summed E-state index contributed by atoms with van der Waals surface area (Å²) in [6.45, 7) is -0.128. The van der Waals surface area contributed by atoms with Gasteiger partial charge >= 0.3 is 0 Å². The van der Waals surface area contributed by atoms with E-state index in [9.17, 15) is 0 Å². The lowest BCUT2D eigenvalue weighted by atomic mass is 10.1. The maximum Gasteiger partial charge on any atom is 0.142 e. The molecule has 0 saturated heterocycles. The second-order valence-corrected chi connectivity index (χ2v) is 3.06. The summed E-state index contributed by atoms with van der Waals surface area (Å²) >= 11 is 5.87. The van der Waals surface area contributed by atoms with E-state index in [-0.39, 0.29) is 6.61 Å². The van der Waals surface area contributed by atoms with E-state index in [4.69, 9.17) is 27.2 Å². The fraction of sp³-hybridized carbons (Fsp3) is 0.333. The molecule has 0 amide bonds. The van der Waals surface area contributed by atoms with Gasteiger partial charge in [0.2, 0.25) is 0 Å². The number of para-hydroxylation sites is 1. The Labute approximate surface area is 82.1 Å².